The molecule has 1 atom stereocenters. The lowest BCUT2D eigenvalue weighted by atomic mass is 10.0. The zero-order chi connectivity index (χ0) is 14.5. The number of carbonyl (C=O) groups is 1. The molecule has 1 amide bonds. The van der Waals surface area contributed by atoms with Gasteiger partial charge in [-0.05, 0) is 43.9 Å². The largest absolute Gasteiger partial charge is 0.352 e. The van der Waals surface area contributed by atoms with Crippen molar-refractivity contribution in [2.24, 2.45) is 5.92 Å². The Morgan fingerprint density at radius 3 is 3.00 bits per heavy atom. The summed E-state index contributed by atoms with van der Waals surface area (Å²) >= 11 is 0. The second kappa shape index (κ2) is 6.85. The van der Waals surface area contributed by atoms with E-state index in [0.717, 1.165) is 45.3 Å². The molecule has 1 aliphatic heterocycles. The van der Waals surface area contributed by atoms with E-state index in [9.17, 15) is 4.79 Å². The summed E-state index contributed by atoms with van der Waals surface area (Å²) in [6.07, 6.45) is 12.0. The van der Waals surface area contributed by atoms with Gasteiger partial charge in [0.1, 0.15) is 0 Å². The van der Waals surface area contributed by atoms with Crippen molar-refractivity contribution in [3.63, 3.8) is 0 Å². The molecule has 0 radical (unpaired) electrons. The molecular weight excluding hydrogens is 262 g/mol. The lowest BCUT2D eigenvalue weighted by Gasteiger charge is -2.33. The number of hydrogen-bond acceptors (Lipinski definition) is 3. The Morgan fingerprint density at radius 2 is 2.24 bits per heavy atom. The van der Waals surface area contributed by atoms with Crippen LogP contribution in [-0.2, 0) is 11.3 Å². The van der Waals surface area contributed by atoms with Crippen molar-refractivity contribution >= 4 is 5.91 Å². The van der Waals surface area contributed by atoms with Crippen LogP contribution in [0.25, 0.3) is 0 Å². The van der Waals surface area contributed by atoms with Crippen molar-refractivity contribution in [3.05, 3.63) is 42.2 Å². The third kappa shape index (κ3) is 3.91. The molecule has 0 saturated carbocycles. The van der Waals surface area contributed by atoms with Crippen molar-refractivity contribution < 1.29 is 4.79 Å². The highest BCUT2D eigenvalue weighted by molar-refractivity contribution is 5.79. The maximum atomic E-state index is 12.2. The molecule has 4 nitrogen and oxygen atoms in total. The fraction of sp³-hybridized carbons (Fsp3) is 0.529. The average Bonchev–Trinajstić information content (AvgIpc) is 3.03. The number of piperidine rings is 1. The first-order chi connectivity index (χ1) is 10.3. The van der Waals surface area contributed by atoms with Crippen LogP contribution < -0.4 is 5.32 Å². The minimum atomic E-state index is 0.165. The Labute approximate surface area is 126 Å². The molecule has 0 spiro atoms. The summed E-state index contributed by atoms with van der Waals surface area (Å²) in [6, 6.07) is 4.38. The minimum Gasteiger partial charge on any atom is -0.352 e. The second-order valence-corrected chi connectivity index (χ2v) is 6.08. The topological polar surface area (TPSA) is 45.2 Å². The van der Waals surface area contributed by atoms with E-state index < -0.39 is 0 Å². The quantitative estimate of drug-likeness (QED) is 0.862. The van der Waals surface area contributed by atoms with Crippen LogP contribution >= 0.6 is 0 Å². The molecule has 1 fully saturated rings. The number of allylic oxidation sites excluding steroid dienone is 2. The Kier molecular flexibility index (Phi) is 4.65. The standard InChI is InChI=1S/C17H23N3O/c21-17(15-6-1-2-7-15)19-16-8-4-10-20(13-16)12-14-5-3-9-18-11-14/h1-3,5,9,11,15-16H,4,6-8,10,12-13H2,(H,19,21)/t16-/m1/s1. The van der Waals surface area contributed by atoms with Gasteiger partial charge >= 0.3 is 0 Å². The molecule has 2 aliphatic rings. The average molecular weight is 285 g/mol. The second-order valence-electron chi connectivity index (χ2n) is 6.08. The third-order valence-electron chi connectivity index (χ3n) is 4.36. The number of hydrogen-bond donors (Lipinski definition) is 1. The van der Waals surface area contributed by atoms with E-state index in [4.69, 9.17) is 0 Å². The van der Waals surface area contributed by atoms with Gasteiger partial charge in [-0.3, -0.25) is 14.7 Å². The highest BCUT2D eigenvalue weighted by Crippen LogP contribution is 2.19. The van der Waals surface area contributed by atoms with Crippen LogP contribution in [0, 0.1) is 5.92 Å². The molecule has 4 heteroatoms. The van der Waals surface area contributed by atoms with Gasteiger partial charge in [-0.1, -0.05) is 18.2 Å². The molecular formula is C17H23N3O. The summed E-state index contributed by atoms with van der Waals surface area (Å²) in [5.41, 5.74) is 1.24. The molecule has 112 valence electrons. The van der Waals surface area contributed by atoms with Crippen LogP contribution in [0.5, 0.6) is 0 Å². The number of nitrogens with one attached hydrogen (secondary N) is 1. The first-order valence-corrected chi connectivity index (χ1v) is 7.88. The monoisotopic (exact) mass is 285 g/mol. The first kappa shape index (κ1) is 14.3. The molecule has 1 N–H and O–H groups in total. The fourth-order valence-corrected chi connectivity index (χ4v) is 3.22. The van der Waals surface area contributed by atoms with E-state index in [1.54, 1.807) is 6.20 Å². The lowest BCUT2D eigenvalue weighted by molar-refractivity contribution is -0.125. The van der Waals surface area contributed by atoms with E-state index in [-0.39, 0.29) is 11.8 Å². The van der Waals surface area contributed by atoms with Gasteiger partial charge < -0.3 is 5.32 Å². The molecule has 2 heterocycles. The molecule has 0 aromatic carbocycles. The number of aromatic nitrogens is 1. The van der Waals surface area contributed by atoms with E-state index in [2.05, 4.69) is 33.4 Å². The Bertz CT molecular complexity index is 492. The van der Waals surface area contributed by atoms with E-state index in [1.165, 1.54) is 5.56 Å². The number of amides is 1. The Hall–Kier alpha value is -1.68. The number of likely N-dealkylation sites (tertiary alicyclic amines) is 1. The third-order valence-corrected chi connectivity index (χ3v) is 4.36. The van der Waals surface area contributed by atoms with Gasteiger partial charge in [0, 0.05) is 37.4 Å². The van der Waals surface area contributed by atoms with Crippen LogP contribution in [-0.4, -0.2) is 34.9 Å². The van der Waals surface area contributed by atoms with Crippen LogP contribution in [0.1, 0.15) is 31.2 Å². The highest BCUT2D eigenvalue weighted by Gasteiger charge is 2.25. The van der Waals surface area contributed by atoms with Gasteiger partial charge in [0.05, 0.1) is 0 Å². The molecule has 0 bridgehead atoms. The van der Waals surface area contributed by atoms with Gasteiger partial charge in [0.2, 0.25) is 5.91 Å². The van der Waals surface area contributed by atoms with Gasteiger partial charge in [0.25, 0.3) is 0 Å². The molecule has 3 rings (SSSR count). The van der Waals surface area contributed by atoms with Gasteiger partial charge in [-0.2, -0.15) is 0 Å². The maximum absolute atomic E-state index is 12.2. The molecule has 1 aromatic rings. The van der Waals surface area contributed by atoms with Crippen molar-refractivity contribution in [1.82, 2.24) is 15.2 Å². The smallest absolute Gasteiger partial charge is 0.223 e. The normalized spacial score (nSPS) is 23.3. The summed E-state index contributed by atoms with van der Waals surface area (Å²) in [7, 11) is 0. The van der Waals surface area contributed by atoms with Gasteiger partial charge in [-0.15, -0.1) is 0 Å². The van der Waals surface area contributed by atoms with E-state index in [0.29, 0.717) is 6.04 Å². The molecule has 0 unspecified atom stereocenters. The number of pyridine rings is 1. The van der Waals surface area contributed by atoms with Crippen molar-refractivity contribution in [2.45, 2.75) is 38.3 Å². The van der Waals surface area contributed by atoms with Gasteiger partial charge in [0.15, 0.2) is 0 Å². The lowest BCUT2D eigenvalue weighted by Crippen LogP contribution is -2.48. The van der Waals surface area contributed by atoms with Crippen molar-refractivity contribution in [1.29, 1.82) is 0 Å². The first-order valence-electron chi connectivity index (χ1n) is 7.88. The maximum Gasteiger partial charge on any atom is 0.223 e. The molecule has 21 heavy (non-hydrogen) atoms. The number of rotatable bonds is 4. The summed E-state index contributed by atoms with van der Waals surface area (Å²) < 4.78 is 0. The van der Waals surface area contributed by atoms with E-state index >= 15 is 0 Å². The summed E-state index contributed by atoms with van der Waals surface area (Å²) in [5, 5.41) is 3.24. The van der Waals surface area contributed by atoms with Gasteiger partial charge in [-0.25, -0.2) is 0 Å². The summed E-state index contributed by atoms with van der Waals surface area (Å²) in [6.45, 7) is 2.97. The molecule has 1 aliphatic carbocycles. The Balaban J connectivity index is 1.50. The Morgan fingerprint density at radius 1 is 1.38 bits per heavy atom. The number of nitrogens with zero attached hydrogens (tertiary/aromatic N) is 2. The zero-order valence-corrected chi connectivity index (χ0v) is 12.4. The molecule has 1 saturated heterocycles. The van der Waals surface area contributed by atoms with Crippen molar-refractivity contribution in [2.75, 3.05) is 13.1 Å². The van der Waals surface area contributed by atoms with E-state index in [1.807, 2.05) is 12.3 Å². The molecule has 1 aromatic heterocycles. The predicted octanol–water partition coefficient (Wildman–Crippen LogP) is 2.13. The minimum absolute atomic E-state index is 0.165. The summed E-state index contributed by atoms with van der Waals surface area (Å²) in [4.78, 5) is 18.8. The van der Waals surface area contributed by atoms with Crippen molar-refractivity contribution in [3.8, 4) is 0 Å². The number of carbonyl (C=O) groups excluding carboxylic acids is 1. The van der Waals surface area contributed by atoms with Crippen LogP contribution in [0.4, 0.5) is 0 Å². The van der Waals surface area contributed by atoms with Crippen LogP contribution in [0.15, 0.2) is 36.7 Å². The van der Waals surface area contributed by atoms with Crippen LogP contribution in [0.2, 0.25) is 0 Å². The summed E-state index contributed by atoms with van der Waals surface area (Å²) in [5.74, 6) is 0.395. The zero-order valence-electron chi connectivity index (χ0n) is 12.4. The predicted molar refractivity (Wildman–Crippen MR) is 82.5 cm³/mol. The highest BCUT2D eigenvalue weighted by atomic mass is 16.1. The van der Waals surface area contributed by atoms with Crippen LogP contribution in [0.3, 0.4) is 0 Å². The SMILES string of the molecule is O=C(N[C@@H]1CCCN(Cc2cccnc2)C1)C1CC=CC1. The fourth-order valence-electron chi connectivity index (χ4n) is 3.22.